The number of nitrogens with zero attached hydrogens (tertiary/aromatic N) is 1. The molecule has 0 aromatic heterocycles. The first-order valence-electron chi connectivity index (χ1n) is 5.14. The Labute approximate surface area is 111 Å². The molecule has 0 saturated carbocycles. The highest BCUT2D eigenvalue weighted by molar-refractivity contribution is 6.44. The van der Waals surface area contributed by atoms with Crippen LogP contribution in [-0.4, -0.2) is 16.7 Å². The van der Waals surface area contributed by atoms with Crippen molar-refractivity contribution in [1.29, 1.82) is 5.26 Å². The molecule has 1 aromatic carbocycles. The SMILES string of the molecule is CC(Nc1ccc(C#N)c(Cl)c1Cl)C(C)(C)O. The first kappa shape index (κ1) is 14.1. The molecule has 0 bridgehead atoms. The van der Waals surface area contributed by atoms with Gasteiger partial charge in [0.05, 0.1) is 32.9 Å². The summed E-state index contributed by atoms with van der Waals surface area (Å²) < 4.78 is 0. The number of hydrogen-bond donors (Lipinski definition) is 2. The molecule has 5 heteroatoms. The molecule has 0 saturated heterocycles. The molecule has 0 fully saturated rings. The third kappa shape index (κ3) is 3.26. The van der Waals surface area contributed by atoms with Gasteiger partial charge in [0.25, 0.3) is 0 Å². The number of halogens is 2. The van der Waals surface area contributed by atoms with Gasteiger partial charge in [-0.1, -0.05) is 23.2 Å². The minimum Gasteiger partial charge on any atom is -0.388 e. The summed E-state index contributed by atoms with van der Waals surface area (Å²) in [7, 11) is 0. The molecule has 1 rings (SSSR count). The van der Waals surface area contributed by atoms with Gasteiger partial charge in [0.1, 0.15) is 6.07 Å². The lowest BCUT2D eigenvalue weighted by atomic mass is 10.0. The summed E-state index contributed by atoms with van der Waals surface area (Å²) in [6.45, 7) is 5.23. The quantitative estimate of drug-likeness (QED) is 0.887. The molecule has 0 aliphatic rings. The van der Waals surface area contributed by atoms with E-state index in [4.69, 9.17) is 28.5 Å². The smallest absolute Gasteiger partial charge is 0.101 e. The van der Waals surface area contributed by atoms with Crippen LogP contribution in [0.3, 0.4) is 0 Å². The molecule has 1 atom stereocenters. The third-order valence-corrected chi connectivity index (χ3v) is 3.52. The van der Waals surface area contributed by atoms with Crippen molar-refractivity contribution in [1.82, 2.24) is 0 Å². The molecule has 0 amide bonds. The van der Waals surface area contributed by atoms with E-state index in [1.54, 1.807) is 26.0 Å². The van der Waals surface area contributed by atoms with E-state index >= 15 is 0 Å². The molecule has 2 N–H and O–H groups in total. The Morgan fingerprint density at radius 2 is 1.94 bits per heavy atom. The van der Waals surface area contributed by atoms with Gasteiger partial charge in [-0.15, -0.1) is 0 Å². The normalized spacial score (nSPS) is 13.0. The molecule has 3 nitrogen and oxygen atoms in total. The number of rotatable bonds is 3. The van der Waals surface area contributed by atoms with Crippen LogP contribution >= 0.6 is 23.2 Å². The summed E-state index contributed by atoms with van der Waals surface area (Å²) in [6, 6.07) is 5.02. The van der Waals surface area contributed by atoms with Crippen molar-refractivity contribution in [2.45, 2.75) is 32.4 Å². The molecule has 17 heavy (non-hydrogen) atoms. The van der Waals surface area contributed by atoms with Crippen molar-refractivity contribution in [2.75, 3.05) is 5.32 Å². The van der Waals surface area contributed by atoms with E-state index in [2.05, 4.69) is 5.32 Å². The minimum absolute atomic E-state index is 0.205. The van der Waals surface area contributed by atoms with Crippen LogP contribution in [0.1, 0.15) is 26.3 Å². The molecular weight excluding hydrogens is 259 g/mol. The molecule has 1 unspecified atom stereocenters. The lowest BCUT2D eigenvalue weighted by Crippen LogP contribution is -2.39. The van der Waals surface area contributed by atoms with Crippen LogP contribution < -0.4 is 5.32 Å². The average molecular weight is 273 g/mol. The van der Waals surface area contributed by atoms with E-state index in [1.807, 2.05) is 13.0 Å². The zero-order valence-corrected chi connectivity index (χ0v) is 11.4. The van der Waals surface area contributed by atoms with E-state index in [0.29, 0.717) is 16.3 Å². The predicted octanol–water partition coefficient (Wildman–Crippen LogP) is 3.44. The Morgan fingerprint density at radius 3 is 2.41 bits per heavy atom. The molecule has 92 valence electrons. The van der Waals surface area contributed by atoms with Crippen LogP contribution in [0.5, 0.6) is 0 Å². The summed E-state index contributed by atoms with van der Waals surface area (Å²) in [4.78, 5) is 0. The van der Waals surface area contributed by atoms with Crippen LogP contribution in [0.15, 0.2) is 12.1 Å². The third-order valence-electron chi connectivity index (χ3n) is 2.63. The summed E-state index contributed by atoms with van der Waals surface area (Å²) >= 11 is 12.0. The van der Waals surface area contributed by atoms with Crippen molar-refractivity contribution in [3.8, 4) is 6.07 Å². The highest BCUT2D eigenvalue weighted by Gasteiger charge is 2.23. The Hall–Kier alpha value is -0.950. The second-order valence-electron chi connectivity index (χ2n) is 4.42. The van der Waals surface area contributed by atoms with E-state index in [1.165, 1.54) is 0 Å². The Morgan fingerprint density at radius 1 is 1.35 bits per heavy atom. The van der Waals surface area contributed by atoms with Gasteiger partial charge in [-0.2, -0.15) is 5.26 Å². The maximum atomic E-state index is 9.82. The Balaban J connectivity index is 3.03. The molecular formula is C12H14Cl2N2O. The number of nitriles is 1. The zero-order valence-electron chi connectivity index (χ0n) is 9.88. The predicted molar refractivity (Wildman–Crippen MR) is 70.6 cm³/mol. The highest BCUT2D eigenvalue weighted by Crippen LogP contribution is 2.33. The van der Waals surface area contributed by atoms with Crippen LogP contribution in [-0.2, 0) is 0 Å². The van der Waals surface area contributed by atoms with Gasteiger partial charge in [-0.25, -0.2) is 0 Å². The van der Waals surface area contributed by atoms with Crippen LogP contribution in [0.4, 0.5) is 5.69 Å². The van der Waals surface area contributed by atoms with Crippen LogP contribution in [0.25, 0.3) is 0 Å². The fraction of sp³-hybridized carbons (Fsp3) is 0.417. The van der Waals surface area contributed by atoms with Crippen molar-refractivity contribution in [3.05, 3.63) is 27.7 Å². The molecule has 0 heterocycles. The van der Waals surface area contributed by atoms with Gasteiger partial charge in [0, 0.05) is 0 Å². The Bertz CT molecular complexity index is 461. The van der Waals surface area contributed by atoms with Crippen molar-refractivity contribution >= 4 is 28.9 Å². The number of aliphatic hydroxyl groups is 1. The minimum atomic E-state index is -0.885. The standard InChI is InChI=1S/C12H14Cl2N2O/c1-7(12(2,3)17)16-9-5-4-8(6-15)10(13)11(9)14/h4-5,7,16-17H,1-3H3. The first-order valence-corrected chi connectivity index (χ1v) is 5.90. The van der Waals surface area contributed by atoms with E-state index in [0.717, 1.165) is 0 Å². The van der Waals surface area contributed by atoms with Crippen molar-refractivity contribution in [2.24, 2.45) is 0 Å². The number of nitrogens with one attached hydrogen (secondary N) is 1. The number of anilines is 1. The second kappa shape index (κ2) is 5.14. The summed E-state index contributed by atoms with van der Waals surface area (Å²) in [6.07, 6.45) is 0. The monoisotopic (exact) mass is 272 g/mol. The maximum absolute atomic E-state index is 9.82. The van der Waals surface area contributed by atoms with Gasteiger partial charge in [-0.3, -0.25) is 0 Å². The highest BCUT2D eigenvalue weighted by atomic mass is 35.5. The van der Waals surface area contributed by atoms with Gasteiger partial charge < -0.3 is 10.4 Å². The first-order chi connectivity index (χ1) is 7.77. The summed E-state index contributed by atoms with van der Waals surface area (Å²) in [5.41, 5.74) is 0.0485. The maximum Gasteiger partial charge on any atom is 0.101 e. The van der Waals surface area contributed by atoms with Crippen molar-refractivity contribution in [3.63, 3.8) is 0 Å². The zero-order chi connectivity index (χ0) is 13.2. The molecule has 0 spiro atoms. The van der Waals surface area contributed by atoms with Gasteiger partial charge in [-0.05, 0) is 32.9 Å². The summed E-state index contributed by atoms with van der Waals surface area (Å²) in [5.74, 6) is 0. The van der Waals surface area contributed by atoms with Gasteiger partial charge >= 0.3 is 0 Å². The molecule has 0 aliphatic carbocycles. The van der Waals surface area contributed by atoms with Gasteiger partial charge in [0.2, 0.25) is 0 Å². The average Bonchev–Trinajstić information content (AvgIpc) is 2.23. The molecule has 0 aliphatic heterocycles. The number of hydrogen-bond acceptors (Lipinski definition) is 3. The number of benzene rings is 1. The van der Waals surface area contributed by atoms with E-state index in [-0.39, 0.29) is 11.1 Å². The van der Waals surface area contributed by atoms with E-state index < -0.39 is 5.60 Å². The molecule has 0 radical (unpaired) electrons. The second-order valence-corrected chi connectivity index (χ2v) is 5.18. The van der Waals surface area contributed by atoms with Crippen LogP contribution in [0, 0.1) is 11.3 Å². The Kier molecular flexibility index (Phi) is 4.26. The fourth-order valence-corrected chi connectivity index (χ4v) is 1.58. The largest absolute Gasteiger partial charge is 0.388 e. The summed E-state index contributed by atoms with van der Waals surface area (Å²) in [5, 5.41) is 22.2. The fourth-order valence-electron chi connectivity index (χ4n) is 1.16. The topological polar surface area (TPSA) is 56.0 Å². The molecule has 1 aromatic rings. The van der Waals surface area contributed by atoms with E-state index in [9.17, 15) is 5.11 Å². The van der Waals surface area contributed by atoms with Crippen LogP contribution in [0.2, 0.25) is 10.0 Å². The van der Waals surface area contributed by atoms with Crippen molar-refractivity contribution < 1.29 is 5.11 Å². The van der Waals surface area contributed by atoms with Gasteiger partial charge in [0.15, 0.2) is 0 Å². The lowest BCUT2D eigenvalue weighted by molar-refractivity contribution is 0.0649. The lowest BCUT2D eigenvalue weighted by Gasteiger charge is -2.28.